The van der Waals surface area contributed by atoms with Gasteiger partial charge >= 0.3 is 0 Å². The van der Waals surface area contributed by atoms with Crippen molar-refractivity contribution in [1.82, 2.24) is 10.3 Å². The largest absolute Gasteiger partial charge is 0.345 e. The molecule has 104 valence electrons. The summed E-state index contributed by atoms with van der Waals surface area (Å²) in [6.45, 7) is 2.56. The topological polar surface area (TPSA) is 68.0 Å². The lowest BCUT2D eigenvalue weighted by Crippen LogP contribution is -2.26. The zero-order chi connectivity index (χ0) is 14.4. The SMILES string of the molecule is C[C@H](NC(=O)c1ccc(CCN)cc1)c1cccnc1. The van der Waals surface area contributed by atoms with Gasteiger partial charge in [0.05, 0.1) is 6.04 Å². The van der Waals surface area contributed by atoms with E-state index in [-0.39, 0.29) is 11.9 Å². The summed E-state index contributed by atoms with van der Waals surface area (Å²) in [5.41, 5.74) is 8.29. The number of nitrogens with two attached hydrogens (primary N) is 1. The van der Waals surface area contributed by atoms with Crippen LogP contribution >= 0.6 is 0 Å². The third-order valence-electron chi connectivity index (χ3n) is 3.18. The quantitative estimate of drug-likeness (QED) is 0.873. The van der Waals surface area contributed by atoms with Crippen molar-refractivity contribution >= 4 is 5.91 Å². The molecule has 0 radical (unpaired) electrons. The molecule has 4 heteroatoms. The zero-order valence-electron chi connectivity index (χ0n) is 11.5. The van der Waals surface area contributed by atoms with Gasteiger partial charge in [-0.3, -0.25) is 9.78 Å². The van der Waals surface area contributed by atoms with E-state index >= 15 is 0 Å². The monoisotopic (exact) mass is 269 g/mol. The van der Waals surface area contributed by atoms with Gasteiger partial charge in [-0.1, -0.05) is 18.2 Å². The Morgan fingerprint density at radius 1 is 1.30 bits per heavy atom. The molecule has 0 aliphatic carbocycles. The molecule has 0 aliphatic heterocycles. The number of carbonyl (C=O) groups is 1. The standard InChI is InChI=1S/C16H19N3O/c1-12(15-3-2-10-18-11-15)19-16(20)14-6-4-13(5-7-14)8-9-17/h2-7,10-12H,8-9,17H2,1H3,(H,19,20)/t12-/m0/s1. The molecule has 1 amide bonds. The van der Waals surface area contributed by atoms with Crippen molar-refractivity contribution in [3.05, 3.63) is 65.5 Å². The van der Waals surface area contributed by atoms with E-state index in [4.69, 9.17) is 5.73 Å². The number of nitrogens with one attached hydrogen (secondary N) is 1. The van der Waals surface area contributed by atoms with Crippen LogP contribution in [0.3, 0.4) is 0 Å². The molecule has 2 rings (SSSR count). The van der Waals surface area contributed by atoms with Crippen LogP contribution in [0.4, 0.5) is 0 Å². The van der Waals surface area contributed by atoms with Gasteiger partial charge in [0.1, 0.15) is 0 Å². The lowest BCUT2D eigenvalue weighted by atomic mass is 10.1. The first-order valence-corrected chi connectivity index (χ1v) is 6.70. The molecule has 2 aromatic rings. The summed E-state index contributed by atoms with van der Waals surface area (Å²) < 4.78 is 0. The normalized spacial score (nSPS) is 11.9. The molecule has 20 heavy (non-hydrogen) atoms. The van der Waals surface area contributed by atoms with E-state index in [0.29, 0.717) is 12.1 Å². The van der Waals surface area contributed by atoms with Crippen molar-refractivity contribution in [3.8, 4) is 0 Å². The number of hydrogen-bond acceptors (Lipinski definition) is 3. The van der Waals surface area contributed by atoms with E-state index < -0.39 is 0 Å². The third kappa shape index (κ3) is 3.65. The van der Waals surface area contributed by atoms with Crippen molar-refractivity contribution in [2.75, 3.05) is 6.54 Å². The molecule has 0 spiro atoms. The predicted octanol–water partition coefficient (Wildman–Crippen LogP) is 2.07. The highest BCUT2D eigenvalue weighted by molar-refractivity contribution is 5.94. The second kappa shape index (κ2) is 6.82. The minimum absolute atomic E-state index is 0.0695. The van der Waals surface area contributed by atoms with E-state index in [0.717, 1.165) is 17.5 Å². The average molecular weight is 269 g/mol. The molecule has 0 aliphatic rings. The summed E-state index contributed by atoms with van der Waals surface area (Å²) in [6.07, 6.45) is 4.30. The number of carbonyl (C=O) groups excluding carboxylic acids is 1. The van der Waals surface area contributed by atoms with E-state index in [1.165, 1.54) is 0 Å². The highest BCUT2D eigenvalue weighted by Crippen LogP contribution is 2.12. The Bertz CT molecular complexity index is 552. The van der Waals surface area contributed by atoms with Crippen LogP contribution in [-0.2, 0) is 6.42 Å². The van der Waals surface area contributed by atoms with Crippen LogP contribution in [-0.4, -0.2) is 17.4 Å². The Morgan fingerprint density at radius 2 is 2.05 bits per heavy atom. The zero-order valence-corrected chi connectivity index (χ0v) is 11.5. The highest BCUT2D eigenvalue weighted by Gasteiger charge is 2.11. The fourth-order valence-corrected chi connectivity index (χ4v) is 1.98. The predicted molar refractivity (Wildman–Crippen MR) is 79.3 cm³/mol. The van der Waals surface area contributed by atoms with Crippen molar-refractivity contribution < 1.29 is 4.79 Å². The van der Waals surface area contributed by atoms with Crippen molar-refractivity contribution in [3.63, 3.8) is 0 Å². The summed E-state index contributed by atoms with van der Waals surface area (Å²) in [5, 5.41) is 2.96. The van der Waals surface area contributed by atoms with E-state index in [2.05, 4.69) is 10.3 Å². The second-order valence-corrected chi connectivity index (χ2v) is 4.72. The van der Waals surface area contributed by atoms with Crippen LogP contribution in [0.2, 0.25) is 0 Å². The Labute approximate surface area is 119 Å². The summed E-state index contributed by atoms with van der Waals surface area (Å²) >= 11 is 0. The molecular weight excluding hydrogens is 250 g/mol. The molecule has 1 aromatic carbocycles. The number of nitrogens with zero attached hydrogens (tertiary/aromatic N) is 1. The maximum atomic E-state index is 12.1. The molecule has 1 atom stereocenters. The summed E-state index contributed by atoms with van der Waals surface area (Å²) in [4.78, 5) is 16.2. The minimum Gasteiger partial charge on any atom is -0.345 e. The van der Waals surface area contributed by atoms with Gasteiger partial charge in [0.25, 0.3) is 5.91 Å². The number of hydrogen-bond donors (Lipinski definition) is 2. The van der Waals surface area contributed by atoms with Crippen LogP contribution in [0, 0.1) is 0 Å². The Balaban J connectivity index is 2.01. The van der Waals surface area contributed by atoms with Crippen LogP contribution in [0.15, 0.2) is 48.8 Å². The van der Waals surface area contributed by atoms with Crippen molar-refractivity contribution in [2.24, 2.45) is 5.73 Å². The number of amides is 1. The van der Waals surface area contributed by atoms with Gasteiger partial charge in [-0.2, -0.15) is 0 Å². The molecule has 1 aromatic heterocycles. The molecule has 1 heterocycles. The van der Waals surface area contributed by atoms with Gasteiger partial charge < -0.3 is 11.1 Å². The van der Waals surface area contributed by atoms with Crippen LogP contribution in [0.25, 0.3) is 0 Å². The van der Waals surface area contributed by atoms with Crippen LogP contribution < -0.4 is 11.1 Å². The summed E-state index contributed by atoms with van der Waals surface area (Å²) in [7, 11) is 0. The van der Waals surface area contributed by atoms with E-state index in [1.54, 1.807) is 12.4 Å². The number of aromatic nitrogens is 1. The minimum atomic E-state index is -0.0827. The first-order chi connectivity index (χ1) is 9.70. The molecular formula is C16H19N3O. The van der Waals surface area contributed by atoms with Crippen molar-refractivity contribution in [1.29, 1.82) is 0 Å². The molecule has 0 saturated heterocycles. The van der Waals surface area contributed by atoms with Crippen LogP contribution in [0.1, 0.15) is 34.5 Å². The smallest absolute Gasteiger partial charge is 0.251 e. The molecule has 0 unspecified atom stereocenters. The number of benzene rings is 1. The third-order valence-corrected chi connectivity index (χ3v) is 3.18. The van der Waals surface area contributed by atoms with E-state index in [1.807, 2.05) is 43.3 Å². The van der Waals surface area contributed by atoms with Gasteiger partial charge in [-0.05, 0) is 49.2 Å². The lowest BCUT2D eigenvalue weighted by molar-refractivity contribution is 0.0940. The fourth-order valence-electron chi connectivity index (χ4n) is 1.98. The molecule has 4 nitrogen and oxygen atoms in total. The maximum absolute atomic E-state index is 12.1. The van der Waals surface area contributed by atoms with Gasteiger partial charge in [-0.25, -0.2) is 0 Å². The van der Waals surface area contributed by atoms with Gasteiger partial charge in [0, 0.05) is 18.0 Å². The Kier molecular flexibility index (Phi) is 4.85. The van der Waals surface area contributed by atoms with Crippen molar-refractivity contribution in [2.45, 2.75) is 19.4 Å². The van der Waals surface area contributed by atoms with Gasteiger partial charge in [-0.15, -0.1) is 0 Å². The Hall–Kier alpha value is -2.20. The number of pyridine rings is 1. The molecule has 0 saturated carbocycles. The highest BCUT2D eigenvalue weighted by atomic mass is 16.1. The average Bonchev–Trinajstić information content (AvgIpc) is 2.49. The molecule has 3 N–H and O–H groups in total. The van der Waals surface area contributed by atoms with Gasteiger partial charge in [0.15, 0.2) is 0 Å². The first kappa shape index (κ1) is 14.2. The van der Waals surface area contributed by atoms with E-state index in [9.17, 15) is 4.79 Å². The lowest BCUT2D eigenvalue weighted by Gasteiger charge is -2.14. The fraction of sp³-hybridized carbons (Fsp3) is 0.250. The second-order valence-electron chi connectivity index (χ2n) is 4.72. The Morgan fingerprint density at radius 3 is 2.65 bits per heavy atom. The molecule has 0 fully saturated rings. The van der Waals surface area contributed by atoms with Gasteiger partial charge in [0.2, 0.25) is 0 Å². The van der Waals surface area contributed by atoms with Crippen LogP contribution in [0.5, 0.6) is 0 Å². The maximum Gasteiger partial charge on any atom is 0.251 e. The number of rotatable bonds is 5. The molecule has 0 bridgehead atoms. The summed E-state index contributed by atoms with van der Waals surface area (Å²) in [5.74, 6) is -0.0827. The summed E-state index contributed by atoms with van der Waals surface area (Å²) in [6, 6.07) is 11.3. The first-order valence-electron chi connectivity index (χ1n) is 6.70.